The number of hydrogen-bond acceptors (Lipinski definition) is 2. The molecule has 0 aliphatic heterocycles. The van der Waals surface area contributed by atoms with Crippen LogP contribution in [0.15, 0.2) is 22.7 Å². The van der Waals surface area contributed by atoms with E-state index >= 15 is 0 Å². The first kappa shape index (κ1) is 14.4. The van der Waals surface area contributed by atoms with Gasteiger partial charge in [0.25, 0.3) is 0 Å². The fourth-order valence-electron chi connectivity index (χ4n) is 3.09. The maximum absolute atomic E-state index is 11.3. The smallest absolute Gasteiger partial charge is 0.338 e. The van der Waals surface area contributed by atoms with Crippen LogP contribution in [-0.4, -0.2) is 17.1 Å². The monoisotopic (exact) mass is 325 g/mol. The molecule has 104 valence electrons. The quantitative estimate of drug-likeness (QED) is 0.863. The lowest BCUT2D eigenvalue weighted by molar-refractivity contribution is 0.0697. The largest absolute Gasteiger partial charge is 0.478 e. The summed E-state index contributed by atoms with van der Waals surface area (Å²) in [6.45, 7) is 4.49. The molecule has 1 aliphatic rings. The highest BCUT2D eigenvalue weighted by Crippen LogP contribution is 2.36. The van der Waals surface area contributed by atoms with Crippen molar-refractivity contribution in [2.45, 2.75) is 39.2 Å². The SMILES string of the molecule is CCC1CCC(Nc2cccc(Br)c2C(=O)O)C1C. The third kappa shape index (κ3) is 2.94. The Morgan fingerprint density at radius 1 is 1.47 bits per heavy atom. The van der Waals surface area contributed by atoms with Gasteiger partial charge in [0.1, 0.15) is 0 Å². The van der Waals surface area contributed by atoms with Crippen molar-refractivity contribution in [3.05, 3.63) is 28.2 Å². The summed E-state index contributed by atoms with van der Waals surface area (Å²) in [5.74, 6) is 0.441. The molecule has 3 unspecified atom stereocenters. The average molecular weight is 326 g/mol. The maximum atomic E-state index is 11.3. The Kier molecular flexibility index (Phi) is 4.50. The van der Waals surface area contributed by atoms with E-state index in [0.29, 0.717) is 22.0 Å². The maximum Gasteiger partial charge on any atom is 0.338 e. The van der Waals surface area contributed by atoms with Crippen LogP contribution in [0.5, 0.6) is 0 Å². The molecule has 2 rings (SSSR count). The molecule has 1 fully saturated rings. The number of carboxylic acid groups (broad SMARTS) is 1. The summed E-state index contributed by atoms with van der Waals surface area (Å²) >= 11 is 3.32. The summed E-state index contributed by atoms with van der Waals surface area (Å²) in [5, 5.41) is 12.7. The number of carboxylic acids is 1. The number of anilines is 1. The summed E-state index contributed by atoms with van der Waals surface area (Å²) in [7, 11) is 0. The average Bonchev–Trinajstić information content (AvgIpc) is 2.70. The second-order valence-electron chi connectivity index (χ2n) is 5.32. The zero-order valence-corrected chi connectivity index (χ0v) is 12.9. The number of aromatic carboxylic acids is 1. The van der Waals surface area contributed by atoms with Crippen molar-refractivity contribution in [1.82, 2.24) is 0 Å². The molecule has 1 aliphatic carbocycles. The lowest BCUT2D eigenvalue weighted by Gasteiger charge is -2.23. The molecular weight excluding hydrogens is 306 g/mol. The van der Waals surface area contributed by atoms with Crippen LogP contribution in [0.25, 0.3) is 0 Å². The highest BCUT2D eigenvalue weighted by molar-refractivity contribution is 9.10. The van der Waals surface area contributed by atoms with Gasteiger partial charge >= 0.3 is 5.97 Å². The van der Waals surface area contributed by atoms with Gasteiger partial charge in [0.05, 0.1) is 11.3 Å². The van der Waals surface area contributed by atoms with Gasteiger partial charge in [0, 0.05) is 10.5 Å². The van der Waals surface area contributed by atoms with Crippen LogP contribution < -0.4 is 5.32 Å². The van der Waals surface area contributed by atoms with E-state index in [1.165, 1.54) is 12.8 Å². The number of hydrogen-bond donors (Lipinski definition) is 2. The fourth-order valence-corrected chi connectivity index (χ4v) is 3.62. The van der Waals surface area contributed by atoms with Crippen LogP contribution in [0, 0.1) is 11.8 Å². The Bertz CT molecular complexity index is 475. The normalized spacial score (nSPS) is 26.4. The van der Waals surface area contributed by atoms with Crippen LogP contribution in [-0.2, 0) is 0 Å². The number of halogens is 1. The molecule has 19 heavy (non-hydrogen) atoms. The van der Waals surface area contributed by atoms with Gasteiger partial charge in [-0.15, -0.1) is 0 Å². The van der Waals surface area contributed by atoms with E-state index in [1.54, 1.807) is 6.07 Å². The summed E-state index contributed by atoms with van der Waals surface area (Å²) in [5.41, 5.74) is 1.05. The molecule has 2 N–H and O–H groups in total. The standard InChI is InChI=1S/C15H20BrNO2/c1-3-10-7-8-12(9(10)2)17-13-6-4-5-11(16)14(13)15(18)19/h4-6,9-10,12,17H,3,7-8H2,1-2H3,(H,18,19). The van der Waals surface area contributed by atoms with Crippen molar-refractivity contribution >= 4 is 27.6 Å². The Balaban J connectivity index is 2.20. The number of rotatable bonds is 4. The van der Waals surface area contributed by atoms with Crippen LogP contribution in [0.2, 0.25) is 0 Å². The highest BCUT2D eigenvalue weighted by Gasteiger charge is 2.32. The van der Waals surface area contributed by atoms with E-state index in [0.717, 1.165) is 18.0 Å². The van der Waals surface area contributed by atoms with Crippen molar-refractivity contribution in [2.75, 3.05) is 5.32 Å². The molecule has 1 aromatic rings. The van der Waals surface area contributed by atoms with Crippen molar-refractivity contribution in [2.24, 2.45) is 11.8 Å². The minimum Gasteiger partial charge on any atom is -0.478 e. The zero-order valence-electron chi connectivity index (χ0n) is 11.3. The molecule has 3 nitrogen and oxygen atoms in total. The number of nitrogens with one attached hydrogen (secondary N) is 1. The number of benzene rings is 1. The van der Waals surface area contributed by atoms with Gasteiger partial charge in [-0.1, -0.05) is 26.3 Å². The molecule has 0 radical (unpaired) electrons. The predicted octanol–water partition coefficient (Wildman–Crippen LogP) is 4.38. The zero-order chi connectivity index (χ0) is 14.0. The molecule has 3 atom stereocenters. The lowest BCUT2D eigenvalue weighted by atomic mass is 9.93. The van der Waals surface area contributed by atoms with Gasteiger partial charge in [-0.25, -0.2) is 4.79 Å². The van der Waals surface area contributed by atoms with Crippen LogP contribution >= 0.6 is 15.9 Å². The van der Waals surface area contributed by atoms with Gasteiger partial charge in [-0.2, -0.15) is 0 Å². The van der Waals surface area contributed by atoms with Gasteiger partial charge in [-0.05, 0) is 52.7 Å². The van der Waals surface area contributed by atoms with Crippen LogP contribution in [0.4, 0.5) is 5.69 Å². The second-order valence-corrected chi connectivity index (χ2v) is 6.18. The number of carbonyl (C=O) groups is 1. The molecule has 0 saturated heterocycles. The summed E-state index contributed by atoms with van der Waals surface area (Å²) in [4.78, 5) is 11.3. The topological polar surface area (TPSA) is 49.3 Å². The highest BCUT2D eigenvalue weighted by atomic mass is 79.9. The lowest BCUT2D eigenvalue weighted by Crippen LogP contribution is -2.25. The molecule has 0 heterocycles. The Labute approximate surface area is 122 Å². The van der Waals surface area contributed by atoms with Crippen LogP contribution in [0.3, 0.4) is 0 Å². The predicted molar refractivity (Wildman–Crippen MR) is 80.7 cm³/mol. The molecule has 1 aromatic carbocycles. The molecule has 4 heteroatoms. The van der Waals surface area contributed by atoms with Gasteiger partial charge in [0.2, 0.25) is 0 Å². The Morgan fingerprint density at radius 2 is 2.21 bits per heavy atom. The van der Waals surface area contributed by atoms with Crippen molar-refractivity contribution in [3.63, 3.8) is 0 Å². The van der Waals surface area contributed by atoms with E-state index in [9.17, 15) is 9.90 Å². The Hall–Kier alpha value is -1.03. The summed E-state index contributed by atoms with van der Waals surface area (Å²) < 4.78 is 0.627. The minimum absolute atomic E-state index is 0.328. The summed E-state index contributed by atoms with van der Waals surface area (Å²) in [6.07, 6.45) is 3.54. The van der Waals surface area contributed by atoms with Gasteiger partial charge in [-0.3, -0.25) is 0 Å². The first-order valence-electron chi connectivity index (χ1n) is 6.83. The minimum atomic E-state index is -0.896. The molecule has 0 amide bonds. The van der Waals surface area contributed by atoms with Gasteiger partial charge in [0.15, 0.2) is 0 Å². The molecule has 0 bridgehead atoms. The molecule has 0 spiro atoms. The molecular formula is C15H20BrNO2. The first-order chi connectivity index (χ1) is 9.04. The van der Waals surface area contributed by atoms with Crippen molar-refractivity contribution < 1.29 is 9.90 Å². The molecule has 0 aromatic heterocycles. The third-order valence-electron chi connectivity index (χ3n) is 4.32. The van der Waals surface area contributed by atoms with Crippen molar-refractivity contribution in [3.8, 4) is 0 Å². The molecule has 1 saturated carbocycles. The Morgan fingerprint density at radius 3 is 2.79 bits per heavy atom. The second kappa shape index (κ2) is 5.95. The third-order valence-corrected chi connectivity index (χ3v) is 4.98. The van der Waals surface area contributed by atoms with Gasteiger partial charge < -0.3 is 10.4 Å². The van der Waals surface area contributed by atoms with Crippen molar-refractivity contribution in [1.29, 1.82) is 0 Å². The van der Waals surface area contributed by atoms with Crippen LogP contribution in [0.1, 0.15) is 43.5 Å². The fraction of sp³-hybridized carbons (Fsp3) is 0.533. The summed E-state index contributed by atoms with van der Waals surface area (Å²) in [6, 6.07) is 5.86. The van der Waals surface area contributed by atoms with E-state index in [2.05, 4.69) is 35.1 Å². The van der Waals surface area contributed by atoms with E-state index < -0.39 is 5.97 Å². The van der Waals surface area contributed by atoms with E-state index in [4.69, 9.17) is 0 Å². The first-order valence-corrected chi connectivity index (χ1v) is 7.62. The van der Waals surface area contributed by atoms with E-state index in [-0.39, 0.29) is 0 Å². The van der Waals surface area contributed by atoms with E-state index in [1.807, 2.05) is 12.1 Å².